The summed E-state index contributed by atoms with van der Waals surface area (Å²) in [5.41, 5.74) is -3.38. The summed E-state index contributed by atoms with van der Waals surface area (Å²) < 4.78 is 12.1. The van der Waals surface area contributed by atoms with Gasteiger partial charge in [-0.05, 0) is 18.9 Å². The van der Waals surface area contributed by atoms with Crippen LogP contribution in [-0.4, -0.2) is 11.7 Å². The van der Waals surface area contributed by atoms with Crippen molar-refractivity contribution < 1.29 is 9.47 Å². The van der Waals surface area contributed by atoms with E-state index in [-0.39, 0.29) is 15.9 Å². The molecule has 1 aromatic rings. The van der Waals surface area contributed by atoms with Gasteiger partial charge in [-0.15, -0.1) is 0 Å². The van der Waals surface area contributed by atoms with Crippen molar-refractivity contribution in [3.8, 4) is 18.2 Å². The van der Waals surface area contributed by atoms with Crippen LogP contribution in [0.1, 0.15) is 37.4 Å². The van der Waals surface area contributed by atoms with E-state index in [4.69, 9.17) is 38.1 Å². The average molecular weight is 401 g/mol. The van der Waals surface area contributed by atoms with Gasteiger partial charge < -0.3 is 9.47 Å². The topological polar surface area (TPSA) is 114 Å². The van der Waals surface area contributed by atoms with E-state index in [0.29, 0.717) is 18.4 Å². The first-order chi connectivity index (χ1) is 12.9. The van der Waals surface area contributed by atoms with Gasteiger partial charge in [0.1, 0.15) is 6.10 Å². The van der Waals surface area contributed by atoms with Crippen LogP contribution in [0.4, 0.5) is 0 Å². The molecule has 0 radical (unpaired) electrons. The van der Waals surface area contributed by atoms with Gasteiger partial charge in [-0.1, -0.05) is 41.8 Å². The first kappa shape index (κ1) is 18.1. The number of ether oxygens (including phenoxy) is 2. The maximum atomic E-state index is 10.2. The molecule has 4 atom stereocenters. The lowest BCUT2D eigenvalue weighted by molar-refractivity contribution is -0.294. The standard InChI is InChI=1S/C19H14Cl2N4O2/c20-12-5-3-4-11(14(12)21)15-17(8-22,9-23)18(10-24)13-6-1-2-7-19(13,26-15)27-16(18)25/h3-5,13,15,25H,1-2,6-7H2. The molecule has 1 aliphatic carbocycles. The van der Waals surface area contributed by atoms with Gasteiger partial charge in [0.05, 0.1) is 34.2 Å². The smallest absolute Gasteiger partial charge is 0.217 e. The van der Waals surface area contributed by atoms with Crippen LogP contribution < -0.4 is 0 Å². The largest absolute Gasteiger partial charge is 0.447 e. The highest BCUT2D eigenvalue weighted by atomic mass is 35.5. The van der Waals surface area contributed by atoms with Gasteiger partial charge in [0.15, 0.2) is 5.41 Å². The lowest BCUT2D eigenvalue weighted by atomic mass is 9.51. The first-order valence-electron chi connectivity index (χ1n) is 8.56. The second-order valence-corrected chi connectivity index (χ2v) is 7.92. The minimum absolute atomic E-state index is 0.156. The van der Waals surface area contributed by atoms with Gasteiger partial charge in [0, 0.05) is 12.0 Å². The molecule has 8 heteroatoms. The SMILES string of the molecule is N#CC1(C#N)C(c2cccc(Cl)c2Cl)OC23CCCCC2C1(C#N)C(=N)O3. The minimum Gasteiger partial charge on any atom is -0.447 e. The van der Waals surface area contributed by atoms with E-state index in [0.717, 1.165) is 12.8 Å². The zero-order valence-electron chi connectivity index (χ0n) is 14.1. The summed E-state index contributed by atoms with van der Waals surface area (Å²) in [5.74, 6) is -2.15. The van der Waals surface area contributed by atoms with E-state index >= 15 is 0 Å². The van der Waals surface area contributed by atoms with Crippen molar-refractivity contribution in [2.24, 2.45) is 16.7 Å². The molecule has 1 N–H and O–H groups in total. The summed E-state index contributed by atoms with van der Waals surface area (Å²) in [5, 5.41) is 39.3. The third-order valence-corrected chi connectivity index (χ3v) is 6.91. The molecule has 2 saturated heterocycles. The predicted octanol–water partition coefficient (Wildman–Crippen LogP) is 4.50. The summed E-state index contributed by atoms with van der Waals surface area (Å²) in [6.45, 7) is 0. The first-order valence-corrected chi connectivity index (χ1v) is 9.31. The average Bonchev–Trinajstić information content (AvgIpc) is 2.89. The molecule has 1 aromatic carbocycles. The van der Waals surface area contributed by atoms with Crippen LogP contribution in [0.2, 0.25) is 10.0 Å². The molecule has 4 rings (SSSR count). The Hall–Kier alpha value is -2.30. The zero-order chi connectivity index (χ0) is 19.4. The summed E-state index contributed by atoms with van der Waals surface area (Å²) in [4.78, 5) is 0. The normalized spacial score (nSPS) is 35.9. The molecule has 0 aromatic heterocycles. The molecule has 0 amide bonds. The van der Waals surface area contributed by atoms with Crippen molar-refractivity contribution in [1.29, 1.82) is 21.2 Å². The molecule has 0 spiro atoms. The van der Waals surface area contributed by atoms with Crippen LogP contribution in [-0.2, 0) is 9.47 Å². The maximum absolute atomic E-state index is 10.2. The van der Waals surface area contributed by atoms with Crippen molar-refractivity contribution in [1.82, 2.24) is 0 Å². The second-order valence-electron chi connectivity index (χ2n) is 7.13. The Morgan fingerprint density at radius 1 is 1.11 bits per heavy atom. The Bertz CT molecular complexity index is 961. The van der Waals surface area contributed by atoms with Crippen LogP contribution >= 0.6 is 23.2 Å². The third-order valence-electron chi connectivity index (χ3n) is 6.08. The molecule has 3 aliphatic rings. The fourth-order valence-corrected chi connectivity index (χ4v) is 5.27. The Labute approximate surface area is 166 Å². The Morgan fingerprint density at radius 2 is 1.85 bits per heavy atom. The number of nitrogens with zero attached hydrogens (tertiary/aromatic N) is 3. The molecule has 4 unspecified atom stereocenters. The highest BCUT2D eigenvalue weighted by molar-refractivity contribution is 6.42. The van der Waals surface area contributed by atoms with Gasteiger partial charge in [-0.3, -0.25) is 5.41 Å². The maximum Gasteiger partial charge on any atom is 0.217 e. The van der Waals surface area contributed by atoms with E-state index in [1.54, 1.807) is 18.2 Å². The zero-order valence-corrected chi connectivity index (χ0v) is 15.6. The van der Waals surface area contributed by atoms with E-state index in [1.807, 2.05) is 12.1 Å². The second kappa shape index (κ2) is 5.85. The molecule has 136 valence electrons. The van der Waals surface area contributed by atoms with Crippen molar-refractivity contribution in [3.63, 3.8) is 0 Å². The molecule has 1 saturated carbocycles. The van der Waals surface area contributed by atoms with Crippen LogP contribution in [0, 0.1) is 56.2 Å². The Morgan fingerprint density at radius 3 is 2.52 bits per heavy atom. The van der Waals surface area contributed by atoms with E-state index in [1.165, 1.54) is 0 Å². The number of nitriles is 3. The summed E-state index contributed by atoms with van der Waals surface area (Å²) in [7, 11) is 0. The number of benzene rings is 1. The summed E-state index contributed by atoms with van der Waals surface area (Å²) >= 11 is 12.5. The molecule has 2 heterocycles. The lowest BCUT2D eigenvalue weighted by Crippen LogP contribution is -2.60. The number of hydrogen-bond donors (Lipinski definition) is 1. The predicted molar refractivity (Wildman–Crippen MR) is 95.5 cm³/mol. The van der Waals surface area contributed by atoms with Gasteiger partial charge in [0.2, 0.25) is 17.1 Å². The molecule has 2 bridgehead atoms. The van der Waals surface area contributed by atoms with Crippen LogP contribution in [0.15, 0.2) is 18.2 Å². The van der Waals surface area contributed by atoms with Crippen molar-refractivity contribution in [2.45, 2.75) is 37.6 Å². The lowest BCUT2D eigenvalue weighted by Gasteiger charge is -2.51. The molecular formula is C19H14Cl2N4O2. The van der Waals surface area contributed by atoms with Crippen molar-refractivity contribution >= 4 is 29.1 Å². The van der Waals surface area contributed by atoms with Crippen LogP contribution in [0.5, 0.6) is 0 Å². The number of nitrogens with one attached hydrogen (secondary N) is 1. The van der Waals surface area contributed by atoms with Gasteiger partial charge in [0.25, 0.3) is 0 Å². The Balaban J connectivity index is 2.04. The molecular weight excluding hydrogens is 387 g/mol. The minimum atomic E-state index is -1.99. The summed E-state index contributed by atoms with van der Waals surface area (Å²) in [6.07, 6.45) is 1.46. The molecule has 3 fully saturated rings. The monoisotopic (exact) mass is 400 g/mol. The fraction of sp³-hybridized carbons (Fsp3) is 0.474. The molecule has 27 heavy (non-hydrogen) atoms. The quantitative estimate of drug-likeness (QED) is 0.744. The highest BCUT2D eigenvalue weighted by Gasteiger charge is 2.80. The number of rotatable bonds is 1. The highest BCUT2D eigenvalue weighted by Crippen LogP contribution is 2.69. The number of hydrogen-bond acceptors (Lipinski definition) is 6. The Kier molecular flexibility index (Phi) is 3.92. The number of halogens is 2. The fourth-order valence-electron chi connectivity index (χ4n) is 4.86. The molecule has 6 nitrogen and oxygen atoms in total. The van der Waals surface area contributed by atoms with E-state index in [9.17, 15) is 15.8 Å². The third kappa shape index (κ3) is 1.95. The van der Waals surface area contributed by atoms with Crippen LogP contribution in [0.3, 0.4) is 0 Å². The van der Waals surface area contributed by atoms with Crippen molar-refractivity contribution in [2.75, 3.05) is 0 Å². The summed E-state index contributed by atoms with van der Waals surface area (Å²) in [6, 6.07) is 11.0. The van der Waals surface area contributed by atoms with Gasteiger partial charge in [-0.2, -0.15) is 15.8 Å². The van der Waals surface area contributed by atoms with E-state index < -0.39 is 28.6 Å². The van der Waals surface area contributed by atoms with Gasteiger partial charge in [-0.25, -0.2) is 0 Å². The van der Waals surface area contributed by atoms with E-state index in [2.05, 4.69) is 6.07 Å². The van der Waals surface area contributed by atoms with Gasteiger partial charge >= 0.3 is 0 Å². The molecule has 2 aliphatic heterocycles. The van der Waals surface area contributed by atoms with Crippen LogP contribution in [0.25, 0.3) is 0 Å². The van der Waals surface area contributed by atoms with Crippen molar-refractivity contribution in [3.05, 3.63) is 33.8 Å².